The first-order valence-electron chi connectivity index (χ1n) is 6.18. The highest BCUT2D eigenvalue weighted by Crippen LogP contribution is 2.17. The summed E-state index contributed by atoms with van der Waals surface area (Å²) in [5.41, 5.74) is 2.42. The highest BCUT2D eigenvalue weighted by atomic mass is 16.1. The molecule has 1 unspecified atom stereocenters. The lowest BCUT2D eigenvalue weighted by Crippen LogP contribution is -2.30. The number of rotatable bonds is 6. The average Bonchev–Trinajstić information content (AvgIpc) is 2.34. The molecule has 1 rings (SSSR count). The molecule has 3 heteroatoms. The van der Waals surface area contributed by atoms with Gasteiger partial charge in [0, 0.05) is 13.0 Å². The Bertz CT molecular complexity index is 346. The van der Waals surface area contributed by atoms with Crippen LogP contribution in [0.4, 0.5) is 0 Å². The predicted molar refractivity (Wildman–Crippen MR) is 70.9 cm³/mol. The lowest BCUT2D eigenvalue weighted by molar-refractivity contribution is -0.121. The van der Waals surface area contributed by atoms with Crippen LogP contribution < -0.4 is 10.6 Å². The summed E-state index contributed by atoms with van der Waals surface area (Å²) in [5.74, 6) is 0.103. The maximum Gasteiger partial charge on any atom is 0.221 e. The Kier molecular flexibility index (Phi) is 5.70. The summed E-state index contributed by atoms with van der Waals surface area (Å²) in [6.07, 6.45) is 1.44. The molecule has 0 heterocycles. The van der Waals surface area contributed by atoms with Crippen LogP contribution >= 0.6 is 0 Å². The molecule has 0 radical (unpaired) electrons. The van der Waals surface area contributed by atoms with E-state index in [1.54, 1.807) is 0 Å². The van der Waals surface area contributed by atoms with E-state index in [4.69, 9.17) is 0 Å². The second-order valence-electron chi connectivity index (χ2n) is 4.29. The van der Waals surface area contributed by atoms with Crippen LogP contribution in [0.1, 0.15) is 36.9 Å². The molecule has 1 atom stereocenters. The van der Waals surface area contributed by atoms with Crippen molar-refractivity contribution in [1.82, 2.24) is 10.6 Å². The molecule has 0 saturated heterocycles. The molecule has 1 aromatic carbocycles. The normalized spacial score (nSPS) is 12.2. The molecular formula is C14H22N2O. The van der Waals surface area contributed by atoms with Gasteiger partial charge in [0.25, 0.3) is 0 Å². The summed E-state index contributed by atoms with van der Waals surface area (Å²) >= 11 is 0. The number of aryl methyl sites for hydroxylation is 1. The smallest absolute Gasteiger partial charge is 0.221 e. The molecule has 0 aliphatic rings. The molecule has 17 heavy (non-hydrogen) atoms. The summed E-state index contributed by atoms with van der Waals surface area (Å²) in [5, 5.41) is 6.03. The third-order valence-corrected chi connectivity index (χ3v) is 2.83. The number of carbonyl (C=O) groups excluding carboxylic acids is 1. The SMILES string of the molecule is CCC(NC(=O)CCNC)c1ccc(C)cc1. The van der Waals surface area contributed by atoms with Crippen molar-refractivity contribution in [3.05, 3.63) is 35.4 Å². The van der Waals surface area contributed by atoms with E-state index < -0.39 is 0 Å². The molecule has 0 aliphatic carbocycles. The van der Waals surface area contributed by atoms with Crippen LogP contribution in [0.3, 0.4) is 0 Å². The minimum absolute atomic E-state index is 0.103. The van der Waals surface area contributed by atoms with Crippen molar-refractivity contribution in [3.8, 4) is 0 Å². The lowest BCUT2D eigenvalue weighted by Gasteiger charge is -2.17. The number of carbonyl (C=O) groups is 1. The van der Waals surface area contributed by atoms with Gasteiger partial charge in [-0.25, -0.2) is 0 Å². The molecule has 0 bridgehead atoms. The summed E-state index contributed by atoms with van der Waals surface area (Å²) in [6.45, 7) is 4.87. The van der Waals surface area contributed by atoms with Gasteiger partial charge in [0.15, 0.2) is 0 Å². The first-order valence-corrected chi connectivity index (χ1v) is 6.18. The van der Waals surface area contributed by atoms with E-state index in [2.05, 4.69) is 48.7 Å². The van der Waals surface area contributed by atoms with E-state index in [0.29, 0.717) is 6.42 Å². The molecule has 3 nitrogen and oxygen atoms in total. The molecule has 0 aliphatic heterocycles. The van der Waals surface area contributed by atoms with Gasteiger partial charge in [0.05, 0.1) is 6.04 Å². The minimum Gasteiger partial charge on any atom is -0.349 e. The third kappa shape index (κ3) is 4.57. The summed E-state index contributed by atoms with van der Waals surface area (Å²) in [6, 6.07) is 8.46. The van der Waals surface area contributed by atoms with Crippen LogP contribution in [-0.4, -0.2) is 19.5 Å². The van der Waals surface area contributed by atoms with E-state index in [1.165, 1.54) is 11.1 Å². The predicted octanol–water partition coefficient (Wildman–Crippen LogP) is 2.17. The van der Waals surface area contributed by atoms with E-state index in [9.17, 15) is 4.79 Å². The lowest BCUT2D eigenvalue weighted by atomic mass is 10.0. The second kappa shape index (κ2) is 7.07. The van der Waals surface area contributed by atoms with Crippen molar-refractivity contribution >= 4 is 5.91 Å². The minimum atomic E-state index is 0.103. The van der Waals surface area contributed by atoms with Crippen molar-refractivity contribution in [3.63, 3.8) is 0 Å². The first-order chi connectivity index (χ1) is 8.17. The standard InChI is InChI=1S/C14H22N2O/c1-4-13(16-14(17)9-10-15-3)12-7-5-11(2)6-8-12/h5-8,13,15H,4,9-10H2,1-3H3,(H,16,17). The fraction of sp³-hybridized carbons (Fsp3) is 0.500. The first kappa shape index (κ1) is 13.7. The fourth-order valence-corrected chi connectivity index (χ4v) is 1.72. The number of hydrogen-bond donors (Lipinski definition) is 2. The topological polar surface area (TPSA) is 41.1 Å². The molecule has 0 spiro atoms. The molecule has 1 aromatic rings. The van der Waals surface area contributed by atoms with Gasteiger partial charge < -0.3 is 10.6 Å². The van der Waals surface area contributed by atoms with Gasteiger partial charge in [0.2, 0.25) is 5.91 Å². The highest BCUT2D eigenvalue weighted by molar-refractivity contribution is 5.76. The Morgan fingerprint density at radius 2 is 1.94 bits per heavy atom. The van der Waals surface area contributed by atoms with Gasteiger partial charge in [-0.3, -0.25) is 4.79 Å². The van der Waals surface area contributed by atoms with E-state index in [-0.39, 0.29) is 11.9 Å². The summed E-state index contributed by atoms with van der Waals surface area (Å²) in [4.78, 5) is 11.7. The zero-order valence-corrected chi connectivity index (χ0v) is 10.9. The quantitative estimate of drug-likeness (QED) is 0.792. The average molecular weight is 234 g/mol. The zero-order chi connectivity index (χ0) is 12.7. The Morgan fingerprint density at radius 1 is 1.29 bits per heavy atom. The van der Waals surface area contributed by atoms with Crippen LogP contribution in [0.5, 0.6) is 0 Å². The van der Waals surface area contributed by atoms with Gasteiger partial charge in [-0.1, -0.05) is 36.8 Å². The van der Waals surface area contributed by atoms with Gasteiger partial charge in [-0.05, 0) is 26.0 Å². The molecule has 0 fully saturated rings. The van der Waals surface area contributed by atoms with Crippen molar-refractivity contribution in [1.29, 1.82) is 0 Å². The largest absolute Gasteiger partial charge is 0.349 e. The van der Waals surface area contributed by atoms with Crippen molar-refractivity contribution in [2.75, 3.05) is 13.6 Å². The molecule has 94 valence electrons. The maximum absolute atomic E-state index is 11.7. The Labute approximate surface area is 104 Å². The van der Waals surface area contributed by atoms with E-state index in [1.807, 2.05) is 7.05 Å². The third-order valence-electron chi connectivity index (χ3n) is 2.83. The summed E-state index contributed by atoms with van der Waals surface area (Å²) in [7, 11) is 1.85. The van der Waals surface area contributed by atoms with Crippen LogP contribution in [0, 0.1) is 6.92 Å². The Hall–Kier alpha value is -1.35. The van der Waals surface area contributed by atoms with Crippen LogP contribution in [0.2, 0.25) is 0 Å². The number of hydrogen-bond acceptors (Lipinski definition) is 2. The van der Waals surface area contributed by atoms with Crippen LogP contribution in [0.15, 0.2) is 24.3 Å². The number of nitrogens with one attached hydrogen (secondary N) is 2. The molecule has 1 amide bonds. The zero-order valence-electron chi connectivity index (χ0n) is 10.9. The molecule has 0 saturated carbocycles. The fourth-order valence-electron chi connectivity index (χ4n) is 1.72. The summed E-state index contributed by atoms with van der Waals surface area (Å²) < 4.78 is 0. The highest BCUT2D eigenvalue weighted by Gasteiger charge is 2.11. The maximum atomic E-state index is 11.7. The monoisotopic (exact) mass is 234 g/mol. The van der Waals surface area contributed by atoms with Crippen molar-refractivity contribution < 1.29 is 4.79 Å². The molecule has 2 N–H and O–H groups in total. The molecule has 0 aromatic heterocycles. The van der Waals surface area contributed by atoms with E-state index in [0.717, 1.165) is 13.0 Å². The molecular weight excluding hydrogens is 212 g/mol. The van der Waals surface area contributed by atoms with Crippen LogP contribution in [-0.2, 0) is 4.79 Å². The number of amides is 1. The Balaban J connectivity index is 2.59. The number of benzene rings is 1. The van der Waals surface area contributed by atoms with Gasteiger partial charge in [-0.2, -0.15) is 0 Å². The van der Waals surface area contributed by atoms with Crippen molar-refractivity contribution in [2.45, 2.75) is 32.7 Å². The van der Waals surface area contributed by atoms with Gasteiger partial charge in [-0.15, -0.1) is 0 Å². The van der Waals surface area contributed by atoms with E-state index >= 15 is 0 Å². The Morgan fingerprint density at radius 3 is 2.47 bits per heavy atom. The van der Waals surface area contributed by atoms with Gasteiger partial charge in [0.1, 0.15) is 0 Å². The second-order valence-corrected chi connectivity index (χ2v) is 4.29. The van der Waals surface area contributed by atoms with Crippen LogP contribution in [0.25, 0.3) is 0 Å². The van der Waals surface area contributed by atoms with Gasteiger partial charge >= 0.3 is 0 Å². The van der Waals surface area contributed by atoms with Crippen molar-refractivity contribution in [2.24, 2.45) is 0 Å².